The molecule has 0 aromatic heterocycles. The van der Waals surface area contributed by atoms with Crippen LogP contribution >= 0.6 is 0 Å². The van der Waals surface area contributed by atoms with Gasteiger partial charge in [0.25, 0.3) is 0 Å². The smallest absolute Gasteiger partial charge is 0.305 e. The zero-order valence-electron chi connectivity index (χ0n) is 12.9. The summed E-state index contributed by atoms with van der Waals surface area (Å²) in [4.78, 5) is 11.2. The first-order valence-electron chi connectivity index (χ1n) is 7.45. The van der Waals surface area contributed by atoms with Crippen LogP contribution in [0.25, 0.3) is 0 Å². The van der Waals surface area contributed by atoms with Crippen molar-refractivity contribution >= 4 is 19.2 Å². The van der Waals surface area contributed by atoms with Crippen LogP contribution in [0, 0.1) is 0 Å². The monoisotopic (exact) mass is 290 g/mol. The maximum absolute atomic E-state index is 11.2. The number of carbonyl (C=O) groups is 1. The molecule has 0 bridgehead atoms. The minimum Gasteiger partial charge on any atom is -0.466 e. The van der Waals surface area contributed by atoms with E-state index in [9.17, 15) is 4.79 Å². The molecule has 0 heterocycles. The summed E-state index contributed by atoms with van der Waals surface area (Å²) < 4.78 is 4.91. The SMILES string of the molecule is CCOC(=O)CCCC/C=C/[Si](C)(C)c1ccccc1. The Morgan fingerprint density at radius 2 is 1.90 bits per heavy atom. The third kappa shape index (κ3) is 6.20. The van der Waals surface area contributed by atoms with Gasteiger partial charge in [0.15, 0.2) is 0 Å². The van der Waals surface area contributed by atoms with Crippen molar-refractivity contribution in [1.82, 2.24) is 0 Å². The predicted octanol–water partition coefficient (Wildman–Crippen LogP) is 3.82. The Morgan fingerprint density at radius 3 is 2.55 bits per heavy atom. The largest absolute Gasteiger partial charge is 0.466 e. The summed E-state index contributed by atoms with van der Waals surface area (Å²) in [5.74, 6) is -0.0736. The number of hydrogen-bond donors (Lipinski definition) is 0. The molecule has 20 heavy (non-hydrogen) atoms. The molecular formula is C17H26O2Si. The molecule has 0 aliphatic heterocycles. The first-order chi connectivity index (χ1) is 9.56. The fourth-order valence-electron chi connectivity index (χ4n) is 2.11. The van der Waals surface area contributed by atoms with Gasteiger partial charge in [-0.05, 0) is 26.2 Å². The number of esters is 1. The van der Waals surface area contributed by atoms with Crippen LogP contribution in [0.3, 0.4) is 0 Å². The lowest BCUT2D eigenvalue weighted by atomic mass is 10.2. The summed E-state index contributed by atoms with van der Waals surface area (Å²) in [5, 5.41) is 1.46. The van der Waals surface area contributed by atoms with E-state index in [-0.39, 0.29) is 5.97 Å². The average molecular weight is 290 g/mol. The van der Waals surface area contributed by atoms with E-state index in [1.807, 2.05) is 6.92 Å². The molecule has 0 atom stereocenters. The summed E-state index contributed by atoms with van der Waals surface area (Å²) >= 11 is 0. The molecule has 0 radical (unpaired) electrons. The van der Waals surface area contributed by atoms with Gasteiger partial charge in [-0.1, -0.05) is 60.4 Å². The third-order valence-electron chi connectivity index (χ3n) is 3.36. The van der Waals surface area contributed by atoms with Crippen LogP contribution in [-0.2, 0) is 9.53 Å². The minimum atomic E-state index is -1.45. The molecule has 0 amide bonds. The number of ether oxygens (including phenoxy) is 1. The Hall–Kier alpha value is -1.35. The van der Waals surface area contributed by atoms with E-state index in [4.69, 9.17) is 4.74 Å². The van der Waals surface area contributed by atoms with Crippen LogP contribution < -0.4 is 5.19 Å². The van der Waals surface area contributed by atoms with Crippen LogP contribution in [-0.4, -0.2) is 20.7 Å². The molecule has 0 saturated heterocycles. The standard InChI is InChI=1S/C17H26O2Si/c1-4-19-17(18)14-10-5-6-11-15-20(2,3)16-12-8-7-9-13-16/h7-9,11-13,15H,4-6,10,14H2,1-3H3/b15-11+. The predicted molar refractivity (Wildman–Crippen MR) is 87.8 cm³/mol. The molecule has 2 nitrogen and oxygen atoms in total. The van der Waals surface area contributed by atoms with E-state index in [1.165, 1.54) is 5.19 Å². The van der Waals surface area contributed by atoms with E-state index in [2.05, 4.69) is 55.2 Å². The lowest BCUT2D eigenvalue weighted by Gasteiger charge is -2.18. The van der Waals surface area contributed by atoms with E-state index >= 15 is 0 Å². The Labute approximate surface area is 123 Å². The second kappa shape index (κ2) is 8.75. The Bertz CT molecular complexity index is 424. The normalized spacial score (nSPS) is 11.8. The molecule has 0 aliphatic carbocycles. The molecule has 0 saturated carbocycles. The van der Waals surface area contributed by atoms with Gasteiger partial charge in [-0.2, -0.15) is 0 Å². The van der Waals surface area contributed by atoms with Gasteiger partial charge < -0.3 is 4.74 Å². The van der Waals surface area contributed by atoms with E-state index in [1.54, 1.807) is 0 Å². The summed E-state index contributed by atoms with van der Waals surface area (Å²) in [6.45, 7) is 7.04. The first kappa shape index (κ1) is 16.7. The second-order valence-corrected chi connectivity index (χ2v) is 9.89. The maximum Gasteiger partial charge on any atom is 0.305 e. The van der Waals surface area contributed by atoms with Gasteiger partial charge in [0.1, 0.15) is 8.07 Å². The minimum absolute atomic E-state index is 0.0736. The molecule has 0 N–H and O–H groups in total. The van der Waals surface area contributed by atoms with E-state index < -0.39 is 8.07 Å². The molecule has 110 valence electrons. The van der Waals surface area contributed by atoms with Crippen LogP contribution in [0.15, 0.2) is 42.1 Å². The number of rotatable bonds is 8. The van der Waals surface area contributed by atoms with Crippen molar-refractivity contribution in [2.24, 2.45) is 0 Å². The zero-order chi connectivity index (χ0) is 14.8. The number of unbranched alkanes of at least 4 members (excludes halogenated alkanes) is 2. The zero-order valence-corrected chi connectivity index (χ0v) is 13.9. The van der Waals surface area contributed by atoms with Gasteiger partial charge >= 0.3 is 5.97 Å². The highest BCUT2D eigenvalue weighted by Gasteiger charge is 2.18. The van der Waals surface area contributed by atoms with Crippen LogP contribution in [0.5, 0.6) is 0 Å². The van der Waals surface area contributed by atoms with Gasteiger partial charge in [0.2, 0.25) is 0 Å². The van der Waals surface area contributed by atoms with Gasteiger partial charge in [0, 0.05) is 6.42 Å². The van der Waals surface area contributed by atoms with Crippen molar-refractivity contribution in [1.29, 1.82) is 0 Å². The van der Waals surface area contributed by atoms with Crippen molar-refractivity contribution in [2.75, 3.05) is 6.61 Å². The third-order valence-corrected chi connectivity index (χ3v) is 6.25. The van der Waals surface area contributed by atoms with E-state index in [0.29, 0.717) is 13.0 Å². The van der Waals surface area contributed by atoms with Crippen molar-refractivity contribution in [3.05, 3.63) is 42.1 Å². The quantitative estimate of drug-likeness (QED) is 0.413. The van der Waals surface area contributed by atoms with Gasteiger partial charge in [0.05, 0.1) is 6.61 Å². The fourth-order valence-corrected chi connectivity index (χ4v) is 4.11. The highest BCUT2D eigenvalue weighted by molar-refractivity contribution is 6.93. The molecule has 3 heteroatoms. The average Bonchev–Trinajstić information content (AvgIpc) is 2.44. The topological polar surface area (TPSA) is 26.3 Å². The molecule has 0 spiro atoms. The van der Waals surface area contributed by atoms with Crippen LogP contribution in [0.1, 0.15) is 32.6 Å². The summed E-state index contributed by atoms with van der Waals surface area (Å²) in [6, 6.07) is 10.7. The highest BCUT2D eigenvalue weighted by atomic mass is 28.3. The molecule has 0 unspecified atom stereocenters. The van der Waals surface area contributed by atoms with Crippen molar-refractivity contribution < 1.29 is 9.53 Å². The van der Waals surface area contributed by atoms with E-state index in [0.717, 1.165) is 19.3 Å². The molecular weight excluding hydrogens is 264 g/mol. The summed E-state index contributed by atoms with van der Waals surface area (Å²) in [5.41, 5.74) is 2.40. The lowest BCUT2D eigenvalue weighted by molar-refractivity contribution is -0.143. The summed E-state index contributed by atoms with van der Waals surface area (Å²) in [7, 11) is -1.45. The van der Waals surface area contributed by atoms with Crippen molar-refractivity contribution in [3.8, 4) is 0 Å². The van der Waals surface area contributed by atoms with Crippen LogP contribution in [0.2, 0.25) is 13.1 Å². The van der Waals surface area contributed by atoms with Crippen molar-refractivity contribution in [3.63, 3.8) is 0 Å². The maximum atomic E-state index is 11.2. The Morgan fingerprint density at radius 1 is 1.20 bits per heavy atom. The van der Waals surface area contributed by atoms with Crippen LogP contribution in [0.4, 0.5) is 0 Å². The van der Waals surface area contributed by atoms with Gasteiger partial charge in [-0.25, -0.2) is 0 Å². The van der Waals surface area contributed by atoms with Gasteiger partial charge in [-0.3, -0.25) is 4.79 Å². The fraction of sp³-hybridized carbons (Fsp3) is 0.471. The molecule has 0 fully saturated rings. The number of allylic oxidation sites excluding steroid dienone is 1. The molecule has 1 aromatic rings. The Kier molecular flexibility index (Phi) is 7.30. The Balaban J connectivity index is 2.29. The number of benzene rings is 1. The number of carbonyl (C=O) groups excluding carboxylic acids is 1. The molecule has 0 aliphatic rings. The molecule has 1 rings (SSSR count). The first-order valence-corrected chi connectivity index (χ1v) is 10.5. The molecule has 1 aromatic carbocycles. The number of hydrogen-bond acceptors (Lipinski definition) is 2. The van der Waals surface area contributed by atoms with Crippen molar-refractivity contribution in [2.45, 2.75) is 45.7 Å². The van der Waals surface area contributed by atoms with Gasteiger partial charge in [-0.15, -0.1) is 0 Å². The summed E-state index contributed by atoms with van der Waals surface area (Å²) in [6.07, 6.45) is 5.83. The lowest BCUT2D eigenvalue weighted by Crippen LogP contribution is -2.39. The second-order valence-electron chi connectivity index (χ2n) is 5.54. The highest BCUT2D eigenvalue weighted by Crippen LogP contribution is 2.08.